The summed E-state index contributed by atoms with van der Waals surface area (Å²) in [6.45, 7) is 2.89. The molecule has 3 heterocycles. The van der Waals surface area contributed by atoms with E-state index in [4.69, 9.17) is 5.41 Å². The zero-order chi connectivity index (χ0) is 16.2. The summed E-state index contributed by atoms with van der Waals surface area (Å²) in [6, 6.07) is 4.12. The average Bonchev–Trinajstić information content (AvgIpc) is 3.07. The molecule has 8 heteroatoms. The molecule has 23 heavy (non-hydrogen) atoms. The zero-order valence-electron chi connectivity index (χ0n) is 12.7. The predicted octanol–water partition coefficient (Wildman–Crippen LogP) is 2.52. The van der Waals surface area contributed by atoms with Gasteiger partial charge in [-0.2, -0.15) is 0 Å². The average molecular weight is 538 g/mol. The molecule has 3 unspecified atom stereocenters. The first-order chi connectivity index (χ1) is 11.2. The smallest absolute Gasteiger partial charge is 0.133 e. The Hall–Kier alpha value is -0.490. The van der Waals surface area contributed by atoms with Crippen LogP contribution < -0.4 is 15.5 Å². The van der Waals surface area contributed by atoms with Gasteiger partial charge in [0.1, 0.15) is 12.0 Å². The molecule has 2 aliphatic rings. The highest BCUT2D eigenvalue weighted by atomic mass is 127. The van der Waals surface area contributed by atoms with Gasteiger partial charge in [0.25, 0.3) is 0 Å². The van der Waals surface area contributed by atoms with Crippen LogP contribution in [0.25, 0.3) is 0 Å². The minimum atomic E-state index is -0.0748. The maximum Gasteiger partial charge on any atom is 0.133 e. The Labute approximate surface area is 163 Å². The molecule has 0 aromatic carbocycles. The monoisotopic (exact) mass is 538 g/mol. The second-order valence-corrected chi connectivity index (χ2v) is 8.23. The van der Waals surface area contributed by atoms with E-state index in [0.29, 0.717) is 10.3 Å². The number of anilines is 1. The van der Waals surface area contributed by atoms with Gasteiger partial charge in [0.15, 0.2) is 0 Å². The molecule has 124 valence electrons. The minimum Gasteiger partial charge on any atom is -0.364 e. The van der Waals surface area contributed by atoms with Crippen LogP contribution in [0, 0.1) is 11.3 Å². The first kappa shape index (κ1) is 17.3. The second kappa shape index (κ2) is 8.06. The van der Waals surface area contributed by atoms with Gasteiger partial charge >= 0.3 is 0 Å². The number of halogens is 2. The van der Waals surface area contributed by atoms with E-state index in [9.17, 15) is 0 Å². The van der Waals surface area contributed by atoms with Crippen molar-refractivity contribution in [2.45, 2.75) is 29.6 Å². The van der Waals surface area contributed by atoms with Crippen LogP contribution in [0.1, 0.15) is 18.4 Å². The van der Waals surface area contributed by atoms with Gasteiger partial charge in [0.05, 0.1) is 20.0 Å². The predicted molar refractivity (Wildman–Crippen MR) is 111 cm³/mol. The summed E-state index contributed by atoms with van der Waals surface area (Å²) in [6.07, 6.45) is 6.02. The summed E-state index contributed by atoms with van der Waals surface area (Å²) in [7, 11) is 0. The van der Waals surface area contributed by atoms with E-state index in [-0.39, 0.29) is 16.1 Å². The van der Waals surface area contributed by atoms with E-state index in [1.54, 1.807) is 6.34 Å². The topological polar surface area (TPSA) is 76.4 Å². The normalized spacial score (nSPS) is 27.0. The number of nitrogens with one attached hydrogen (secondary N) is 3. The molecule has 6 nitrogen and oxygen atoms in total. The van der Waals surface area contributed by atoms with Gasteiger partial charge in [-0.3, -0.25) is 15.7 Å². The Bertz CT molecular complexity index is 587. The molecular weight excluding hydrogens is 518 g/mol. The summed E-state index contributed by atoms with van der Waals surface area (Å²) in [5.41, 5.74) is 1.20. The Kier molecular flexibility index (Phi) is 6.07. The Morgan fingerprint density at radius 2 is 2.22 bits per heavy atom. The largest absolute Gasteiger partial charge is 0.364 e. The minimum absolute atomic E-state index is 0.0492. The number of rotatable bonds is 5. The van der Waals surface area contributed by atoms with Crippen LogP contribution >= 0.6 is 45.2 Å². The summed E-state index contributed by atoms with van der Waals surface area (Å²) in [4.78, 5) is 11.4. The maximum absolute atomic E-state index is 8.02. The molecule has 3 N–H and O–H groups in total. The maximum atomic E-state index is 8.02. The fourth-order valence-electron chi connectivity index (χ4n) is 2.99. The van der Waals surface area contributed by atoms with Crippen molar-refractivity contribution in [3.05, 3.63) is 23.9 Å². The van der Waals surface area contributed by atoms with Crippen LogP contribution in [0.15, 0.2) is 23.3 Å². The van der Waals surface area contributed by atoms with Crippen molar-refractivity contribution < 1.29 is 0 Å². The van der Waals surface area contributed by atoms with E-state index < -0.39 is 0 Å². The Balaban J connectivity index is 1.71. The Morgan fingerprint density at radius 3 is 2.96 bits per heavy atom. The number of hydrogen-bond acceptors (Lipinski definition) is 6. The van der Waals surface area contributed by atoms with Gasteiger partial charge in [-0.1, -0.05) is 28.7 Å². The lowest BCUT2D eigenvalue weighted by molar-refractivity contribution is 0.415. The van der Waals surface area contributed by atoms with Gasteiger partial charge in [-0.15, -0.1) is 0 Å². The first-order valence-electron chi connectivity index (χ1n) is 7.75. The molecule has 1 aromatic heterocycles. The summed E-state index contributed by atoms with van der Waals surface area (Å²) in [5.74, 6) is 1.13. The van der Waals surface area contributed by atoms with Crippen LogP contribution in [-0.2, 0) is 6.54 Å². The second-order valence-electron chi connectivity index (χ2n) is 5.73. The SMILES string of the molecule is N=C(I)C1C(I)NC=NC1NCc1cccnc1N1CCCC1. The molecule has 1 aromatic rings. The third-order valence-electron chi connectivity index (χ3n) is 4.19. The molecule has 0 spiro atoms. The van der Waals surface area contributed by atoms with E-state index in [1.165, 1.54) is 18.4 Å². The third kappa shape index (κ3) is 4.13. The summed E-state index contributed by atoms with van der Waals surface area (Å²) >= 11 is 4.42. The fourth-order valence-corrected chi connectivity index (χ4v) is 5.30. The van der Waals surface area contributed by atoms with Gasteiger partial charge in [-0.25, -0.2) is 4.98 Å². The van der Waals surface area contributed by atoms with E-state index >= 15 is 0 Å². The van der Waals surface area contributed by atoms with Crippen molar-refractivity contribution in [2.75, 3.05) is 18.0 Å². The van der Waals surface area contributed by atoms with E-state index in [1.807, 2.05) is 12.3 Å². The van der Waals surface area contributed by atoms with Crippen LogP contribution in [0.4, 0.5) is 5.82 Å². The van der Waals surface area contributed by atoms with Gasteiger partial charge in [0, 0.05) is 31.4 Å². The molecule has 0 aliphatic carbocycles. The van der Waals surface area contributed by atoms with Crippen LogP contribution in [-0.4, -0.2) is 38.3 Å². The molecule has 0 radical (unpaired) electrons. The molecule has 1 fully saturated rings. The van der Waals surface area contributed by atoms with Gasteiger partial charge in [0.2, 0.25) is 0 Å². The lowest BCUT2D eigenvalue weighted by atomic mass is 10.1. The van der Waals surface area contributed by atoms with Crippen molar-refractivity contribution in [1.82, 2.24) is 15.6 Å². The van der Waals surface area contributed by atoms with Crippen LogP contribution in [0.3, 0.4) is 0 Å². The molecule has 1 saturated heterocycles. The summed E-state index contributed by atoms with van der Waals surface area (Å²) < 4.78 is 0.800. The number of nitrogens with zero attached hydrogens (tertiary/aromatic N) is 3. The van der Waals surface area contributed by atoms with Crippen molar-refractivity contribution in [3.63, 3.8) is 0 Å². The van der Waals surface area contributed by atoms with Crippen molar-refractivity contribution in [1.29, 1.82) is 5.41 Å². The highest BCUT2D eigenvalue weighted by molar-refractivity contribution is 14.1. The Morgan fingerprint density at radius 1 is 1.43 bits per heavy atom. The highest BCUT2D eigenvalue weighted by Crippen LogP contribution is 2.25. The number of pyridine rings is 1. The quantitative estimate of drug-likeness (QED) is 0.233. The first-order valence-corrected chi connectivity index (χ1v) is 10.1. The standard InChI is InChI=1S/C15H20I2N6/c16-12(18)11-13(17)21-9-22-14(11)20-8-10-4-3-5-19-15(10)23-6-1-2-7-23/h3-5,9,11,13-14,18,20H,1-2,6-8H2,(H,21,22). The number of aromatic nitrogens is 1. The van der Waals surface area contributed by atoms with Crippen LogP contribution in [0.2, 0.25) is 0 Å². The van der Waals surface area contributed by atoms with Crippen LogP contribution in [0.5, 0.6) is 0 Å². The lowest BCUT2D eigenvalue weighted by Crippen LogP contribution is -2.49. The number of alkyl halides is 1. The van der Waals surface area contributed by atoms with Crippen molar-refractivity contribution >= 4 is 61.1 Å². The highest BCUT2D eigenvalue weighted by Gasteiger charge is 2.32. The molecule has 3 atom stereocenters. The van der Waals surface area contributed by atoms with Gasteiger partial charge < -0.3 is 10.2 Å². The molecule has 0 amide bonds. The summed E-state index contributed by atoms with van der Waals surface area (Å²) in [5, 5.41) is 14.7. The third-order valence-corrected chi connectivity index (χ3v) is 6.05. The lowest BCUT2D eigenvalue weighted by Gasteiger charge is -2.31. The fraction of sp³-hybridized carbons (Fsp3) is 0.533. The molecular formula is C15H20I2N6. The van der Waals surface area contributed by atoms with E-state index in [2.05, 4.69) is 76.8 Å². The molecule has 3 rings (SSSR count). The number of aliphatic imine (C=N–C) groups is 1. The van der Waals surface area contributed by atoms with Crippen molar-refractivity contribution in [3.8, 4) is 0 Å². The molecule has 2 aliphatic heterocycles. The zero-order valence-corrected chi connectivity index (χ0v) is 17.0. The van der Waals surface area contributed by atoms with Crippen molar-refractivity contribution in [2.24, 2.45) is 10.9 Å². The molecule has 0 saturated carbocycles. The molecule has 0 bridgehead atoms. The van der Waals surface area contributed by atoms with E-state index in [0.717, 1.165) is 18.9 Å². The number of hydrogen-bond donors (Lipinski definition) is 3. The van der Waals surface area contributed by atoms with Gasteiger partial charge in [-0.05, 0) is 41.5 Å².